The van der Waals surface area contributed by atoms with Gasteiger partial charge in [-0.15, -0.1) is 0 Å². The molecular formula is C3H4KN3. The Bertz CT molecular complexity index is 114. The Kier molecular flexibility index (Phi) is 4.15. The van der Waals surface area contributed by atoms with E-state index in [2.05, 4.69) is 16.4 Å². The van der Waals surface area contributed by atoms with Crippen LogP contribution in [0.3, 0.4) is 0 Å². The number of hydrogen-bond donors (Lipinski definition) is 0. The maximum absolute atomic E-state index is 3.60. The van der Waals surface area contributed by atoms with Crippen LogP contribution in [0.5, 0.6) is 0 Å². The maximum atomic E-state index is 3.60. The first-order valence-corrected chi connectivity index (χ1v) is 1.61. The van der Waals surface area contributed by atoms with Gasteiger partial charge in [-0.3, -0.25) is 5.10 Å². The van der Waals surface area contributed by atoms with Gasteiger partial charge in [-0.1, -0.05) is 0 Å². The van der Waals surface area contributed by atoms with Gasteiger partial charge in [0.25, 0.3) is 0 Å². The first-order chi connectivity index (χ1) is 2.89. The second-order valence-corrected chi connectivity index (χ2v) is 1.02. The predicted molar refractivity (Wildman–Crippen MR) is 19.8 cm³/mol. The number of hydrogen-bond acceptors (Lipinski definition) is 2. The van der Waals surface area contributed by atoms with Crippen molar-refractivity contribution in [1.29, 1.82) is 0 Å². The molecule has 0 radical (unpaired) electrons. The molecule has 0 spiro atoms. The molecule has 1 aromatic heterocycles. The van der Waals surface area contributed by atoms with Crippen molar-refractivity contribution in [3.05, 3.63) is 12.7 Å². The Balaban J connectivity index is 0.000000360. The van der Waals surface area contributed by atoms with Gasteiger partial charge in [-0.25, -0.2) is 0 Å². The normalized spacial score (nSPS) is 7.57. The average Bonchev–Trinajstić information content (AvgIpc) is 1.86. The summed E-state index contributed by atoms with van der Waals surface area (Å²) in [5, 5.41) is 3.60. The van der Waals surface area contributed by atoms with Crippen LogP contribution in [0.4, 0.5) is 0 Å². The molecule has 0 amide bonds. The molecule has 1 rings (SSSR count). The van der Waals surface area contributed by atoms with Crippen LogP contribution in [0.2, 0.25) is 0 Å². The maximum Gasteiger partial charge on any atom is 1.00 e. The van der Waals surface area contributed by atoms with Crippen molar-refractivity contribution in [2.45, 2.75) is 0 Å². The van der Waals surface area contributed by atoms with Gasteiger partial charge in [-0.2, -0.15) is 0 Å². The molecule has 0 N–H and O–H groups in total. The summed E-state index contributed by atoms with van der Waals surface area (Å²) in [6, 6.07) is 0. The van der Waals surface area contributed by atoms with Crippen molar-refractivity contribution in [3.8, 4) is 0 Å². The molecule has 0 fully saturated rings. The fourth-order valence-electron chi connectivity index (χ4n) is 0.232. The van der Waals surface area contributed by atoms with Gasteiger partial charge in [0.1, 0.15) is 0 Å². The summed E-state index contributed by atoms with van der Waals surface area (Å²) in [4.78, 5) is 3.55. The largest absolute Gasteiger partial charge is 1.00 e. The molecule has 0 saturated heterocycles. The van der Waals surface area contributed by atoms with Crippen molar-refractivity contribution >= 4 is 0 Å². The minimum Gasteiger partial charge on any atom is -0.420 e. The summed E-state index contributed by atoms with van der Waals surface area (Å²) in [7, 11) is 1.80. The van der Waals surface area contributed by atoms with Crippen molar-refractivity contribution in [2.75, 3.05) is 0 Å². The molecule has 0 bridgehead atoms. The molecule has 0 aliphatic rings. The molecule has 0 atom stereocenters. The van der Waals surface area contributed by atoms with Gasteiger partial charge in [0.05, 0.1) is 0 Å². The number of aryl methyl sites for hydroxylation is 1. The van der Waals surface area contributed by atoms with Gasteiger partial charge in [0, 0.05) is 7.05 Å². The first-order valence-electron chi connectivity index (χ1n) is 1.61. The minimum atomic E-state index is 0. The van der Waals surface area contributed by atoms with E-state index in [-0.39, 0.29) is 51.4 Å². The minimum absolute atomic E-state index is 0. The molecule has 0 unspecified atom stereocenters. The fraction of sp³-hybridized carbons (Fsp3) is 0.333. The van der Waals surface area contributed by atoms with Crippen molar-refractivity contribution in [2.24, 2.45) is 7.05 Å². The fourth-order valence-corrected chi connectivity index (χ4v) is 0.232. The van der Waals surface area contributed by atoms with Gasteiger partial charge >= 0.3 is 51.4 Å². The van der Waals surface area contributed by atoms with Crippen LogP contribution in [0.25, 0.3) is 0 Å². The molecule has 32 valence electrons. The molecule has 0 aromatic carbocycles. The third kappa shape index (κ3) is 2.56. The van der Waals surface area contributed by atoms with E-state index in [0.717, 1.165) is 0 Å². The van der Waals surface area contributed by atoms with E-state index < -0.39 is 0 Å². The standard InChI is InChI=1S/C3H4N3.K/c1-6-3-4-2-5-6;/h3H,1H3;/q-1;+1. The van der Waals surface area contributed by atoms with Crippen LogP contribution in [0.1, 0.15) is 0 Å². The van der Waals surface area contributed by atoms with E-state index in [1.54, 1.807) is 18.1 Å². The molecule has 3 nitrogen and oxygen atoms in total. The van der Waals surface area contributed by atoms with E-state index in [4.69, 9.17) is 0 Å². The summed E-state index contributed by atoms with van der Waals surface area (Å²) in [6.07, 6.45) is 3.98. The molecule has 1 heterocycles. The topological polar surface area (TPSA) is 30.7 Å². The molecule has 4 heteroatoms. The van der Waals surface area contributed by atoms with Crippen LogP contribution in [-0.4, -0.2) is 14.8 Å². The number of nitrogens with zero attached hydrogens (tertiary/aromatic N) is 3. The van der Waals surface area contributed by atoms with E-state index >= 15 is 0 Å². The molecule has 0 aliphatic heterocycles. The smallest absolute Gasteiger partial charge is 0.420 e. The predicted octanol–water partition coefficient (Wildman–Crippen LogP) is -3.38. The summed E-state index contributed by atoms with van der Waals surface area (Å²) >= 11 is 0. The van der Waals surface area contributed by atoms with Gasteiger partial charge in [0.15, 0.2) is 0 Å². The SMILES string of the molecule is Cn1cn[c-]n1.[K+]. The monoisotopic (exact) mass is 121 g/mol. The van der Waals surface area contributed by atoms with Crippen LogP contribution in [-0.2, 0) is 7.05 Å². The van der Waals surface area contributed by atoms with Crippen LogP contribution in [0.15, 0.2) is 6.33 Å². The Morgan fingerprint density at radius 1 is 1.71 bits per heavy atom. The van der Waals surface area contributed by atoms with Gasteiger partial charge in [-0.05, 0) is 12.7 Å². The Labute approximate surface area is 84.5 Å². The zero-order valence-electron chi connectivity index (χ0n) is 4.42. The summed E-state index contributed by atoms with van der Waals surface area (Å²) in [6.45, 7) is 0. The van der Waals surface area contributed by atoms with Crippen LogP contribution >= 0.6 is 0 Å². The number of rotatable bonds is 0. The van der Waals surface area contributed by atoms with Gasteiger partial charge in [0.2, 0.25) is 0 Å². The molecule has 0 aliphatic carbocycles. The third-order valence-corrected chi connectivity index (χ3v) is 0.485. The second-order valence-electron chi connectivity index (χ2n) is 1.02. The first kappa shape index (κ1) is 7.78. The summed E-state index contributed by atoms with van der Waals surface area (Å²) < 4.78 is 1.58. The number of aromatic nitrogens is 3. The van der Waals surface area contributed by atoms with E-state index in [9.17, 15) is 0 Å². The molecule has 7 heavy (non-hydrogen) atoms. The quantitative estimate of drug-likeness (QED) is 0.265. The van der Waals surface area contributed by atoms with Crippen molar-refractivity contribution < 1.29 is 51.4 Å². The van der Waals surface area contributed by atoms with Gasteiger partial charge < -0.3 is 9.67 Å². The second kappa shape index (κ2) is 3.74. The van der Waals surface area contributed by atoms with E-state index in [0.29, 0.717) is 0 Å². The molecular weight excluding hydrogens is 117 g/mol. The third-order valence-electron chi connectivity index (χ3n) is 0.485. The zero-order valence-corrected chi connectivity index (χ0v) is 7.54. The Morgan fingerprint density at radius 3 is 2.57 bits per heavy atom. The Morgan fingerprint density at radius 2 is 2.43 bits per heavy atom. The van der Waals surface area contributed by atoms with Crippen LogP contribution in [0, 0.1) is 6.33 Å². The van der Waals surface area contributed by atoms with Crippen LogP contribution < -0.4 is 51.4 Å². The molecule has 0 saturated carbocycles. The van der Waals surface area contributed by atoms with Crippen molar-refractivity contribution in [1.82, 2.24) is 14.8 Å². The van der Waals surface area contributed by atoms with E-state index in [1.807, 2.05) is 0 Å². The Hall–Kier alpha value is 0.776. The zero-order chi connectivity index (χ0) is 4.41. The average molecular weight is 121 g/mol. The molecule has 1 aromatic rings. The van der Waals surface area contributed by atoms with Crippen molar-refractivity contribution in [3.63, 3.8) is 0 Å². The summed E-state index contributed by atoms with van der Waals surface area (Å²) in [5.41, 5.74) is 0. The summed E-state index contributed by atoms with van der Waals surface area (Å²) in [5.74, 6) is 0. The van der Waals surface area contributed by atoms with E-state index in [1.165, 1.54) is 0 Å².